The third-order valence-corrected chi connectivity index (χ3v) is 6.83. The Morgan fingerprint density at radius 1 is 1.24 bits per heavy atom. The van der Waals surface area contributed by atoms with Gasteiger partial charge in [-0.3, -0.25) is 19.7 Å². The van der Waals surface area contributed by atoms with Crippen molar-refractivity contribution in [2.24, 2.45) is 0 Å². The highest BCUT2D eigenvalue weighted by molar-refractivity contribution is 8.01. The third-order valence-electron chi connectivity index (χ3n) is 5.33. The number of rotatable bonds is 4. The van der Waals surface area contributed by atoms with E-state index in [1.807, 2.05) is 19.1 Å². The van der Waals surface area contributed by atoms with Gasteiger partial charge in [0, 0.05) is 17.7 Å². The lowest BCUT2D eigenvalue weighted by molar-refractivity contribution is -0.156. The van der Waals surface area contributed by atoms with E-state index < -0.39 is 30.4 Å². The Bertz CT molecular complexity index is 846. The van der Waals surface area contributed by atoms with E-state index in [0.29, 0.717) is 24.2 Å². The Morgan fingerprint density at radius 3 is 2.52 bits per heavy atom. The molecule has 3 amide bonds. The largest absolute Gasteiger partial charge is 0.454 e. The lowest BCUT2D eigenvalue weighted by atomic mass is 9.87. The van der Waals surface area contributed by atoms with Crippen LogP contribution in [0, 0.1) is 0 Å². The van der Waals surface area contributed by atoms with Crippen LogP contribution in [0.1, 0.15) is 56.5 Å². The van der Waals surface area contributed by atoms with Crippen molar-refractivity contribution in [2.75, 3.05) is 12.4 Å². The summed E-state index contributed by atoms with van der Waals surface area (Å²) in [5.41, 5.74) is 1.39. The molecular weight excluding hydrogens is 392 g/mol. The zero-order valence-electron chi connectivity index (χ0n) is 17.1. The van der Waals surface area contributed by atoms with Gasteiger partial charge in [-0.1, -0.05) is 32.9 Å². The SMILES string of the molecule is CC(C)(C)c1ccc(C(=O)NC(=O)COC(=O)[C@H]2CS[C@]3(C)CCC(=O)N23)cc1. The van der Waals surface area contributed by atoms with Crippen molar-refractivity contribution >= 4 is 35.5 Å². The maximum atomic E-state index is 12.4. The van der Waals surface area contributed by atoms with Crippen molar-refractivity contribution in [3.8, 4) is 0 Å². The molecule has 8 heteroatoms. The molecule has 2 fully saturated rings. The molecule has 1 aromatic carbocycles. The molecule has 0 aromatic heterocycles. The van der Waals surface area contributed by atoms with E-state index in [1.165, 1.54) is 0 Å². The van der Waals surface area contributed by atoms with Gasteiger partial charge in [-0.05, 0) is 36.5 Å². The van der Waals surface area contributed by atoms with Gasteiger partial charge in [-0.15, -0.1) is 11.8 Å². The van der Waals surface area contributed by atoms with Crippen molar-refractivity contribution in [1.29, 1.82) is 0 Å². The maximum Gasteiger partial charge on any atom is 0.330 e. The van der Waals surface area contributed by atoms with Gasteiger partial charge in [0.05, 0.1) is 4.87 Å². The van der Waals surface area contributed by atoms with Crippen LogP contribution in [-0.4, -0.2) is 51.9 Å². The second-order valence-electron chi connectivity index (χ2n) is 8.58. The predicted molar refractivity (Wildman–Crippen MR) is 109 cm³/mol. The molecule has 0 radical (unpaired) electrons. The predicted octanol–water partition coefficient (Wildman–Crippen LogP) is 2.24. The number of hydrogen-bond donors (Lipinski definition) is 1. The minimum absolute atomic E-state index is 0.0373. The average Bonchev–Trinajstić information content (AvgIpc) is 3.15. The third kappa shape index (κ3) is 4.47. The minimum atomic E-state index is -0.704. The van der Waals surface area contributed by atoms with Crippen molar-refractivity contribution in [3.63, 3.8) is 0 Å². The molecule has 2 atom stereocenters. The first-order valence-corrected chi connectivity index (χ1v) is 10.6. The summed E-state index contributed by atoms with van der Waals surface area (Å²) in [4.78, 5) is 49.9. The summed E-state index contributed by atoms with van der Waals surface area (Å²) in [5.74, 6) is -1.50. The molecule has 0 spiro atoms. The Hall–Kier alpha value is -2.35. The molecule has 2 aliphatic heterocycles. The lowest BCUT2D eigenvalue weighted by Gasteiger charge is -2.29. The van der Waals surface area contributed by atoms with Gasteiger partial charge < -0.3 is 9.64 Å². The fourth-order valence-corrected chi connectivity index (χ4v) is 5.00. The van der Waals surface area contributed by atoms with Crippen LogP contribution in [0.2, 0.25) is 0 Å². The van der Waals surface area contributed by atoms with Crippen molar-refractivity contribution < 1.29 is 23.9 Å². The van der Waals surface area contributed by atoms with Gasteiger partial charge >= 0.3 is 5.97 Å². The van der Waals surface area contributed by atoms with Crippen LogP contribution >= 0.6 is 11.8 Å². The van der Waals surface area contributed by atoms with Gasteiger partial charge in [0.15, 0.2) is 6.61 Å². The number of nitrogens with one attached hydrogen (secondary N) is 1. The summed E-state index contributed by atoms with van der Waals surface area (Å²) >= 11 is 1.55. The molecule has 3 rings (SSSR count). The fraction of sp³-hybridized carbons (Fsp3) is 0.524. The first-order valence-electron chi connectivity index (χ1n) is 9.59. The second kappa shape index (κ2) is 7.82. The smallest absolute Gasteiger partial charge is 0.330 e. The topological polar surface area (TPSA) is 92.8 Å². The molecular formula is C21H26N2O5S. The molecule has 2 aliphatic rings. The molecule has 156 valence electrons. The number of benzene rings is 1. The molecule has 7 nitrogen and oxygen atoms in total. The Morgan fingerprint density at radius 2 is 1.90 bits per heavy atom. The first kappa shape index (κ1) is 21.4. The van der Waals surface area contributed by atoms with E-state index in [2.05, 4.69) is 26.1 Å². The number of fused-ring (bicyclic) bond motifs is 1. The first-order chi connectivity index (χ1) is 13.5. The van der Waals surface area contributed by atoms with Crippen LogP contribution in [0.15, 0.2) is 24.3 Å². The summed E-state index contributed by atoms with van der Waals surface area (Å²) in [6.45, 7) is 7.58. The molecule has 2 saturated heterocycles. The summed E-state index contributed by atoms with van der Waals surface area (Å²) in [7, 11) is 0. The molecule has 0 aliphatic carbocycles. The standard InChI is InChI=1S/C21H26N2O5S/c1-20(2,3)14-7-5-13(6-8-14)18(26)22-16(24)11-28-19(27)15-12-29-21(4)10-9-17(25)23(15)21/h5-8,15H,9-12H2,1-4H3,(H,22,24,26)/t15-,21-/m1/s1. The van der Waals surface area contributed by atoms with E-state index in [9.17, 15) is 19.2 Å². The van der Waals surface area contributed by atoms with E-state index >= 15 is 0 Å². The minimum Gasteiger partial charge on any atom is -0.454 e. The lowest BCUT2D eigenvalue weighted by Crippen LogP contribution is -2.47. The molecule has 1 N–H and O–H groups in total. The summed E-state index contributed by atoms with van der Waals surface area (Å²) < 4.78 is 5.08. The number of carbonyl (C=O) groups is 4. The van der Waals surface area contributed by atoms with Crippen molar-refractivity contribution in [2.45, 2.75) is 56.9 Å². The average molecular weight is 419 g/mol. The van der Waals surface area contributed by atoms with Crippen molar-refractivity contribution in [1.82, 2.24) is 10.2 Å². The monoisotopic (exact) mass is 418 g/mol. The highest BCUT2D eigenvalue weighted by atomic mass is 32.2. The normalized spacial score (nSPS) is 23.7. The second-order valence-corrected chi connectivity index (χ2v) is 10.1. The number of hydrogen-bond acceptors (Lipinski definition) is 6. The molecule has 2 heterocycles. The quantitative estimate of drug-likeness (QED) is 0.754. The van der Waals surface area contributed by atoms with Gasteiger partial charge in [-0.25, -0.2) is 4.79 Å². The number of imide groups is 1. The number of esters is 1. The van der Waals surface area contributed by atoms with E-state index in [1.54, 1.807) is 28.8 Å². The molecule has 29 heavy (non-hydrogen) atoms. The van der Waals surface area contributed by atoms with Gasteiger partial charge in [-0.2, -0.15) is 0 Å². The van der Waals surface area contributed by atoms with Crippen LogP contribution in [0.25, 0.3) is 0 Å². The van der Waals surface area contributed by atoms with Gasteiger partial charge in [0.1, 0.15) is 6.04 Å². The number of nitrogens with zero attached hydrogens (tertiary/aromatic N) is 1. The van der Waals surface area contributed by atoms with Crippen LogP contribution < -0.4 is 5.32 Å². The van der Waals surface area contributed by atoms with E-state index in [4.69, 9.17) is 4.74 Å². The number of ether oxygens (including phenoxy) is 1. The zero-order chi connectivity index (χ0) is 21.4. The van der Waals surface area contributed by atoms with Crippen LogP contribution in [0.5, 0.6) is 0 Å². The number of thioether (sulfide) groups is 1. The summed E-state index contributed by atoms with van der Waals surface area (Å²) in [5, 5.41) is 2.22. The molecule has 1 aromatic rings. The molecule has 0 unspecified atom stereocenters. The van der Waals surface area contributed by atoms with Gasteiger partial charge in [0.2, 0.25) is 5.91 Å². The molecule has 0 bridgehead atoms. The summed E-state index contributed by atoms with van der Waals surface area (Å²) in [6.07, 6.45) is 1.11. The van der Waals surface area contributed by atoms with Crippen LogP contribution in [0.3, 0.4) is 0 Å². The Labute approximate surface area is 174 Å². The number of carbonyl (C=O) groups excluding carboxylic acids is 4. The Kier molecular flexibility index (Phi) is 5.76. The highest BCUT2D eigenvalue weighted by Gasteiger charge is 2.53. The number of amides is 3. The van der Waals surface area contributed by atoms with E-state index in [0.717, 1.165) is 5.56 Å². The maximum absolute atomic E-state index is 12.4. The van der Waals surface area contributed by atoms with Gasteiger partial charge in [0.25, 0.3) is 11.8 Å². The van der Waals surface area contributed by atoms with E-state index in [-0.39, 0.29) is 16.2 Å². The summed E-state index contributed by atoms with van der Waals surface area (Å²) in [6, 6.07) is 6.33. The Balaban J connectivity index is 1.51. The van der Waals surface area contributed by atoms with Crippen molar-refractivity contribution in [3.05, 3.63) is 35.4 Å². The fourth-order valence-electron chi connectivity index (χ4n) is 3.58. The highest BCUT2D eigenvalue weighted by Crippen LogP contribution is 2.47. The van der Waals surface area contributed by atoms with Crippen LogP contribution in [-0.2, 0) is 24.5 Å². The molecule has 0 saturated carbocycles. The zero-order valence-corrected chi connectivity index (χ0v) is 17.9. The van der Waals surface area contributed by atoms with Crippen LogP contribution in [0.4, 0.5) is 0 Å².